The molecule has 0 radical (unpaired) electrons. The molecule has 0 spiro atoms. The largest absolute Gasteiger partial charge is 0.467 e. The first-order chi connectivity index (χ1) is 6.25. The highest BCUT2D eigenvalue weighted by Crippen LogP contribution is 2.26. The normalized spacial score (nSPS) is 26.3. The SMILES string of the molecule is CCCCC1(C(=O)OC)C=CCO1. The quantitative estimate of drug-likeness (QED) is 0.492. The Morgan fingerprint density at radius 1 is 1.69 bits per heavy atom. The summed E-state index contributed by atoms with van der Waals surface area (Å²) in [4.78, 5) is 11.4. The van der Waals surface area contributed by atoms with Crippen LogP contribution in [-0.2, 0) is 14.3 Å². The van der Waals surface area contributed by atoms with Gasteiger partial charge in [0, 0.05) is 0 Å². The molecule has 1 heterocycles. The summed E-state index contributed by atoms with van der Waals surface area (Å²) in [6.07, 6.45) is 6.42. The molecule has 0 aromatic carbocycles. The van der Waals surface area contributed by atoms with E-state index in [9.17, 15) is 4.79 Å². The molecule has 13 heavy (non-hydrogen) atoms. The van der Waals surface area contributed by atoms with Crippen molar-refractivity contribution < 1.29 is 14.3 Å². The Bertz CT molecular complexity index is 210. The molecule has 1 aliphatic rings. The van der Waals surface area contributed by atoms with Gasteiger partial charge in [0.05, 0.1) is 13.7 Å². The summed E-state index contributed by atoms with van der Waals surface area (Å²) in [5.41, 5.74) is -0.787. The lowest BCUT2D eigenvalue weighted by Gasteiger charge is -2.23. The maximum atomic E-state index is 11.4. The molecular formula is C10H16O3. The summed E-state index contributed by atoms with van der Waals surface area (Å²) in [6.45, 7) is 2.60. The predicted molar refractivity (Wildman–Crippen MR) is 49.4 cm³/mol. The Balaban J connectivity index is 2.64. The van der Waals surface area contributed by atoms with Gasteiger partial charge in [0.15, 0.2) is 5.60 Å². The predicted octanol–water partition coefficient (Wildman–Crippen LogP) is 1.67. The molecule has 1 rings (SSSR count). The summed E-state index contributed by atoms with van der Waals surface area (Å²) in [5.74, 6) is -0.283. The minimum absolute atomic E-state index is 0.283. The Hall–Kier alpha value is -0.830. The lowest BCUT2D eigenvalue weighted by molar-refractivity contribution is -0.161. The minimum atomic E-state index is -0.787. The van der Waals surface area contributed by atoms with Crippen molar-refractivity contribution in [2.75, 3.05) is 13.7 Å². The molecule has 3 heteroatoms. The Morgan fingerprint density at radius 2 is 2.46 bits per heavy atom. The maximum Gasteiger partial charge on any atom is 0.342 e. The number of unbranched alkanes of at least 4 members (excludes halogenated alkanes) is 1. The van der Waals surface area contributed by atoms with E-state index in [1.54, 1.807) is 0 Å². The zero-order chi connectivity index (χ0) is 9.73. The summed E-state index contributed by atoms with van der Waals surface area (Å²) in [7, 11) is 1.39. The molecule has 1 unspecified atom stereocenters. The lowest BCUT2D eigenvalue weighted by Crippen LogP contribution is -2.38. The van der Waals surface area contributed by atoms with Gasteiger partial charge in [0.25, 0.3) is 0 Å². The van der Waals surface area contributed by atoms with Gasteiger partial charge in [-0.3, -0.25) is 0 Å². The van der Waals surface area contributed by atoms with E-state index in [0.717, 1.165) is 12.8 Å². The highest BCUT2D eigenvalue weighted by Gasteiger charge is 2.39. The Morgan fingerprint density at radius 3 is 2.92 bits per heavy atom. The first-order valence-electron chi connectivity index (χ1n) is 4.65. The molecule has 0 saturated carbocycles. The van der Waals surface area contributed by atoms with Gasteiger partial charge in [0.1, 0.15) is 0 Å². The van der Waals surface area contributed by atoms with Crippen LogP contribution in [0.2, 0.25) is 0 Å². The van der Waals surface area contributed by atoms with E-state index in [1.807, 2.05) is 12.2 Å². The van der Waals surface area contributed by atoms with Gasteiger partial charge >= 0.3 is 5.97 Å². The van der Waals surface area contributed by atoms with E-state index in [4.69, 9.17) is 9.47 Å². The van der Waals surface area contributed by atoms with Crippen LogP contribution in [0, 0.1) is 0 Å². The number of rotatable bonds is 4. The van der Waals surface area contributed by atoms with Crippen LogP contribution in [0.1, 0.15) is 26.2 Å². The van der Waals surface area contributed by atoms with Gasteiger partial charge in [-0.15, -0.1) is 0 Å². The standard InChI is InChI=1S/C10H16O3/c1-3-4-6-10(9(11)12-2)7-5-8-13-10/h5,7H,3-4,6,8H2,1-2H3. The van der Waals surface area contributed by atoms with Crippen LogP contribution in [0.15, 0.2) is 12.2 Å². The van der Waals surface area contributed by atoms with Crippen LogP contribution < -0.4 is 0 Å². The van der Waals surface area contributed by atoms with E-state index in [-0.39, 0.29) is 5.97 Å². The fraction of sp³-hybridized carbons (Fsp3) is 0.700. The van der Waals surface area contributed by atoms with Crippen LogP contribution in [0.4, 0.5) is 0 Å². The molecule has 0 aromatic heterocycles. The van der Waals surface area contributed by atoms with E-state index < -0.39 is 5.60 Å². The lowest BCUT2D eigenvalue weighted by atomic mass is 9.97. The molecule has 74 valence electrons. The van der Waals surface area contributed by atoms with Crippen molar-refractivity contribution in [1.82, 2.24) is 0 Å². The van der Waals surface area contributed by atoms with Gasteiger partial charge in [-0.25, -0.2) is 4.79 Å². The molecule has 0 aliphatic carbocycles. The van der Waals surface area contributed by atoms with Crippen LogP contribution >= 0.6 is 0 Å². The van der Waals surface area contributed by atoms with Crippen molar-refractivity contribution in [1.29, 1.82) is 0 Å². The number of ether oxygens (including phenoxy) is 2. The van der Waals surface area contributed by atoms with E-state index >= 15 is 0 Å². The fourth-order valence-electron chi connectivity index (χ4n) is 1.48. The molecule has 3 nitrogen and oxygen atoms in total. The monoisotopic (exact) mass is 184 g/mol. The highest BCUT2D eigenvalue weighted by atomic mass is 16.6. The van der Waals surface area contributed by atoms with E-state index in [0.29, 0.717) is 13.0 Å². The van der Waals surface area contributed by atoms with E-state index in [1.165, 1.54) is 7.11 Å². The Labute approximate surface area is 78.7 Å². The molecule has 0 bridgehead atoms. The average molecular weight is 184 g/mol. The number of carbonyl (C=O) groups is 1. The van der Waals surface area contributed by atoms with Gasteiger partial charge in [0.2, 0.25) is 0 Å². The summed E-state index contributed by atoms with van der Waals surface area (Å²) >= 11 is 0. The second kappa shape index (κ2) is 4.42. The van der Waals surface area contributed by atoms with Crippen molar-refractivity contribution in [2.24, 2.45) is 0 Å². The molecule has 0 N–H and O–H groups in total. The molecule has 0 fully saturated rings. The summed E-state index contributed by atoms with van der Waals surface area (Å²) in [5, 5.41) is 0. The van der Waals surface area contributed by atoms with Crippen LogP contribution in [0.3, 0.4) is 0 Å². The minimum Gasteiger partial charge on any atom is -0.467 e. The maximum absolute atomic E-state index is 11.4. The molecule has 0 amide bonds. The number of hydrogen-bond donors (Lipinski definition) is 0. The number of hydrogen-bond acceptors (Lipinski definition) is 3. The third kappa shape index (κ3) is 2.10. The van der Waals surface area contributed by atoms with Crippen molar-refractivity contribution in [3.63, 3.8) is 0 Å². The zero-order valence-corrected chi connectivity index (χ0v) is 8.21. The molecule has 0 saturated heterocycles. The van der Waals surface area contributed by atoms with Crippen LogP contribution in [-0.4, -0.2) is 25.3 Å². The smallest absolute Gasteiger partial charge is 0.342 e. The third-order valence-electron chi connectivity index (χ3n) is 2.26. The second-order valence-electron chi connectivity index (χ2n) is 3.20. The highest BCUT2D eigenvalue weighted by molar-refractivity contribution is 5.82. The Kier molecular flexibility index (Phi) is 3.48. The average Bonchev–Trinajstić information content (AvgIpc) is 2.63. The molecule has 0 aromatic rings. The molecular weight excluding hydrogens is 168 g/mol. The molecule has 1 aliphatic heterocycles. The van der Waals surface area contributed by atoms with Gasteiger partial charge < -0.3 is 9.47 Å². The number of esters is 1. The molecule has 1 atom stereocenters. The van der Waals surface area contributed by atoms with Gasteiger partial charge in [-0.1, -0.05) is 19.4 Å². The summed E-state index contributed by atoms with van der Waals surface area (Å²) < 4.78 is 10.1. The van der Waals surface area contributed by atoms with Crippen LogP contribution in [0.5, 0.6) is 0 Å². The topological polar surface area (TPSA) is 35.5 Å². The van der Waals surface area contributed by atoms with Gasteiger partial charge in [-0.2, -0.15) is 0 Å². The van der Waals surface area contributed by atoms with Gasteiger partial charge in [-0.05, 0) is 18.9 Å². The number of methoxy groups -OCH3 is 1. The third-order valence-corrected chi connectivity index (χ3v) is 2.26. The van der Waals surface area contributed by atoms with Crippen molar-refractivity contribution >= 4 is 5.97 Å². The van der Waals surface area contributed by atoms with Crippen molar-refractivity contribution in [3.05, 3.63) is 12.2 Å². The first kappa shape index (κ1) is 10.3. The first-order valence-corrected chi connectivity index (χ1v) is 4.65. The second-order valence-corrected chi connectivity index (χ2v) is 3.20. The van der Waals surface area contributed by atoms with Crippen LogP contribution in [0.25, 0.3) is 0 Å². The number of carbonyl (C=O) groups excluding carboxylic acids is 1. The fourth-order valence-corrected chi connectivity index (χ4v) is 1.48. The van der Waals surface area contributed by atoms with E-state index in [2.05, 4.69) is 6.92 Å². The van der Waals surface area contributed by atoms with Crippen molar-refractivity contribution in [2.45, 2.75) is 31.8 Å². The zero-order valence-electron chi connectivity index (χ0n) is 8.21. The van der Waals surface area contributed by atoms with Crippen molar-refractivity contribution in [3.8, 4) is 0 Å². The summed E-state index contributed by atoms with van der Waals surface area (Å²) in [6, 6.07) is 0.